The minimum Gasteiger partial charge on any atom is -0.384 e. The monoisotopic (exact) mass is 238 g/mol. The fourth-order valence-electron chi connectivity index (χ4n) is 1.54. The summed E-state index contributed by atoms with van der Waals surface area (Å²) in [6.45, 7) is 1.98. The molecule has 4 heteroatoms. The number of aliphatic hydroxyl groups is 1. The molecule has 0 saturated carbocycles. The average molecular weight is 238 g/mol. The summed E-state index contributed by atoms with van der Waals surface area (Å²) in [5.41, 5.74) is 0.956. The number of thiophene rings is 1. The Bertz CT molecular complexity index is 382. The van der Waals surface area contributed by atoms with Gasteiger partial charge in [0, 0.05) is 17.0 Å². The van der Waals surface area contributed by atoms with Crippen molar-refractivity contribution in [2.24, 2.45) is 0 Å². The van der Waals surface area contributed by atoms with Crippen molar-refractivity contribution in [3.63, 3.8) is 0 Å². The molecule has 1 atom stereocenters. The first kappa shape index (κ1) is 11.6. The van der Waals surface area contributed by atoms with Crippen LogP contribution >= 0.6 is 11.3 Å². The van der Waals surface area contributed by atoms with Gasteiger partial charge in [-0.2, -0.15) is 0 Å². The van der Waals surface area contributed by atoms with Crippen LogP contribution in [0.25, 0.3) is 0 Å². The minimum absolute atomic E-state index is 0.105. The van der Waals surface area contributed by atoms with E-state index >= 15 is 0 Å². The van der Waals surface area contributed by atoms with Crippen LogP contribution in [-0.4, -0.2) is 31.0 Å². The summed E-state index contributed by atoms with van der Waals surface area (Å²) < 4.78 is 11.0. The maximum absolute atomic E-state index is 8.64. The van der Waals surface area contributed by atoms with Gasteiger partial charge in [0.25, 0.3) is 0 Å². The van der Waals surface area contributed by atoms with Crippen LogP contribution in [0.3, 0.4) is 0 Å². The number of hydrogen-bond donors (Lipinski definition) is 1. The fraction of sp³-hybridized carbons (Fsp3) is 0.500. The smallest absolute Gasteiger partial charge is 0.104 e. The Morgan fingerprint density at radius 1 is 1.62 bits per heavy atom. The Balaban J connectivity index is 1.90. The van der Waals surface area contributed by atoms with Gasteiger partial charge in [-0.15, -0.1) is 11.3 Å². The Hall–Kier alpha value is -0.860. The molecule has 16 heavy (non-hydrogen) atoms. The van der Waals surface area contributed by atoms with E-state index in [4.69, 9.17) is 14.6 Å². The number of hydrogen-bond acceptors (Lipinski definition) is 4. The van der Waals surface area contributed by atoms with Crippen molar-refractivity contribution in [1.29, 1.82) is 0 Å². The summed E-state index contributed by atoms with van der Waals surface area (Å²) >= 11 is 1.63. The molecule has 1 aromatic heterocycles. The molecule has 1 aliphatic heterocycles. The van der Waals surface area contributed by atoms with Crippen molar-refractivity contribution < 1.29 is 14.6 Å². The van der Waals surface area contributed by atoms with Gasteiger partial charge in [0.15, 0.2) is 0 Å². The molecule has 2 heterocycles. The molecule has 1 unspecified atom stereocenters. The lowest BCUT2D eigenvalue weighted by Gasteiger charge is -2.08. The zero-order valence-electron chi connectivity index (χ0n) is 8.94. The molecule has 1 aliphatic rings. The van der Waals surface area contributed by atoms with E-state index in [9.17, 15) is 0 Å². The van der Waals surface area contributed by atoms with E-state index in [0.717, 1.165) is 23.5 Å². The van der Waals surface area contributed by atoms with E-state index in [-0.39, 0.29) is 12.7 Å². The van der Waals surface area contributed by atoms with E-state index in [1.165, 1.54) is 0 Å². The van der Waals surface area contributed by atoms with Gasteiger partial charge in [0.05, 0.1) is 19.3 Å². The lowest BCUT2D eigenvalue weighted by molar-refractivity contribution is 0.0330. The summed E-state index contributed by atoms with van der Waals surface area (Å²) in [5, 5.41) is 10.6. The van der Waals surface area contributed by atoms with E-state index in [0.29, 0.717) is 13.2 Å². The molecule has 0 spiro atoms. The average Bonchev–Trinajstić information content (AvgIpc) is 2.94. The van der Waals surface area contributed by atoms with Gasteiger partial charge in [-0.1, -0.05) is 11.8 Å². The summed E-state index contributed by atoms with van der Waals surface area (Å²) in [6.07, 6.45) is 1.20. The third-order valence-electron chi connectivity index (χ3n) is 2.39. The van der Waals surface area contributed by atoms with Gasteiger partial charge in [-0.3, -0.25) is 0 Å². The van der Waals surface area contributed by atoms with Crippen molar-refractivity contribution in [2.45, 2.75) is 19.1 Å². The number of ether oxygens (including phenoxy) is 2. The third kappa shape index (κ3) is 3.06. The largest absolute Gasteiger partial charge is 0.384 e. The zero-order valence-corrected chi connectivity index (χ0v) is 9.76. The van der Waals surface area contributed by atoms with Gasteiger partial charge in [-0.25, -0.2) is 0 Å². The lowest BCUT2D eigenvalue weighted by atomic mass is 10.2. The first-order valence-electron chi connectivity index (χ1n) is 5.25. The van der Waals surface area contributed by atoms with Gasteiger partial charge in [0.1, 0.15) is 6.61 Å². The molecular formula is C12H14O3S. The normalized spacial score (nSPS) is 19.4. The first-order chi connectivity index (χ1) is 7.90. The summed E-state index contributed by atoms with van der Waals surface area (Å²) in [6, 6.07) is 1.96. The molecule has 3 nitrogen and oxygen atoms in total. The van der Waals surface area contributed by atoms with E-state index in [1.54, 1.807) is 11.3 Å². The molecule has 86 valence electrons. The second-order valence-corrected chi connectivity index (χ2v) is 4.51. The highest BCUT2D eigenvalue weighted by Crippen LogP contribution is 2.19. The molecule has 0 aromatic carbocycles. The zero-order chi connectivity index (χ0) is 11.2. The van der Waals surface area contributed by atoms with Crippen LogP contribution in [0, 0.1) is 11.8 Å². The molecule has 0 aliphatic carbocycles. The highest BCUT2D eigenvalue weighted by Gasteiger charge is 2.16. The van der Waals surface area contributed by atoms with Gasteiger partial charge in [0.2, 0.25) is 0 Å². The molecule has 1 aromatic rings. The summed E-state index contributed by atoms with van der Waals surface area (Å²) in [4.78, 5) is 1.12. The van der Waals surface area contributed by atoms with Crippen molar-refractivity contribution in [2.75, 3.05) is 19.8 Å². The van der Waals surface area contributed by atoms with Crippen molar-refractivity contribution in [1.82, 2.24) is 0 Å². The molecule has 1 fully saturated rings. The summed E-state index contributed by atoms with van der Waals surface area (Å²) in [7, 11) is 0. The van der Waals surface area contributed by atoms with Crippen LogP contribution in [0.1, 0.15) is 16.9 Å². The molecule has 1 N–H and O–H groups in total. The molecule has 0 radical (unpaired) electrons. The maximum atomic E-state index is 8.64. The van der Waals surface area contributed by atoms with Gasteiger partial charge < -0.3 is 14.6 Å². The number of rotatable bonds is 3. The Labute approximate surface area is 99.0 Å². The highest BCUT2D eigenvalue weighted by molar-refractivity contribution is 7.10. The van der Waals surface area contributed by atoms with Gasteiger partial charge in [-0.05, 0) is 17.9 Å². The predicted octanol–water partition coefficient (Wildman–Crippen LogP) is 1.40. The van der Waals surface area contributed by atoms with Crippen LogP contribution in [0.4, 0.5) is 0 Å². The molecule has 1 saturated heterocycles. The van der Waals surface area contributed by atoms with E-state index < -0.39 is 0 Å². The van der Waals surface area contributed by atoms with E-state index in [2.05, 4.69) is 11.8 Å². The standard InChI is InChI=1S/C12H14O3S/c13-5-1-2-10-4-7-16-12(10)9-15-11-3-6-14-8-11/h4,7,11,13H,3,5-6,8-9H2. The molecule has 2 rings (SSSR count). The Morgan fingerprint density at radius 3 is 3.31 bits per heavy atom. The molecule has 0 bridgehead atoms. The van der Waals surface area contributed by atoms with Crippen molar-refractivity contribution >= 4 is 11.3 Å². The van der Waals surface area contributed by atoms with Crippen LogP contribution in [0.5, 0.6) is 0 Å². The molecular weight excluding hydrogens is 224 g/mol. The predicted molar refractivity (Wildman–Crippen MR) is 62.3 cm³/mol. The lowest BCUT2D eigenvalue weighted by Crippen LogP contribution is -2.11. The quantitative estimate of drug-likeness (QED) is 0.809. The summed E-state index contributed by atoms with van der Waals surface area (Å²) in [5.74, 6) is 5.57. The van der Waals surface area contributed by atoms with Crippen LogP contribution < -0.4 is 0 Å². The van der Waals surface area contributed by atoms with Crippen molar-refractivity contribution in [3.8, 4) is 11.8 Å². The second-order valence-electron chi connectivity index (χ2n) is 3.51. The minimum atomic E-state index is -0.105. The maximum Gasteiger partial charge on any atom is 0.104 e. The molecule has 0 amide bonds. The van der Waals surface area contributed by atoms with Crippen LogP contribution in [-0.2, 0) is 16.1 Å². The first-order valence-corrected chi connectivity index (χ1v) is 6.13. The number of aliphatic hydroxyl groups excluding tert-OH is 1. The van der Waals surface area contributed by atoms with Gasteiger partial charge >= 0.3 is 0 Å². The highest BCUT2D eigenvalue weighted by atomic mass is 32.1. The van der Waals surface area contributed by atoms with Crippen LogP contribution in [0.2, 0.25) is 0 Å². The third-order valence-corrected chi connectivity index (χ3v) is 3.28. The topological polar surface area (TPSA) is 38.7 Å². The Kier molecular flexibility index (Phi) is 4.37. The van der Waals surface area contributed by atoms with Crippen molar-refractivity contribution in [3.05, 3.63) is 21.9 Å². The van der Waals surface area contributed by atoms with E-state index in [1.807, 2.05) is 11.4 Å². The fourth-order valence-corrected chi connectivity index (χ4v) is 2.29. The SMILES string of the molecule is OCC#Cc1ccsc1COC1CCOC1. The Morgan fingerprint density at radius 2 is 2.56 bits per heavy atom. The second kappa shape index (κ2) is 6.02. The van der Waals surface area contributed by atoms with Crippen LogP contribution in [0.15, 0.2) is 11.4 Å².